The molecule has 4 aromatic rings. The molecule has 0 fully saturated rings. The molecule has 2 aromatic carbocycles. The second kappa shape index (κ2) is 8.02. The summed E-state index contributed by atoms with van der Waals surface area (Å²) in [6.45, 7) is 0. The van der Waals surface area contributed by atoms with Crippen LogP contribution < -0.4 is 14.8 Å². The van der Waals surface area contributed by atoms with E-state index in [2.05, 4.69) is 14.9 Å². The lowest BCUT2D eigenvalue weighted by Crippen LogP contribution is -2.33. The van der Waals surface area contributed by atoms with Crippen LogP contribution in [0.2, 0.25) is 0 Å². The topological polar surface area (TPSA) is 78.3 Å². The fourth-order valence-electron chi connectivity index (χ4n) is 5.22. The third-order valence-corrected chi connectivity index (χ3v) is 6.78. The van der Waals surface area contributed by atoms with E-state index in [1.165, 1.54) is 0 Å². The van der Waals surface area contributed by atoms with E-state index in [0.29, 0.717) is 24.3 Å². The van der Waals surface area contributed by atoms with Crippen molar-refractivity contribution < 1.29 is 14.3 Å². The van der Waals surface area contributed by atoms with Gasteiger partial charge in [-0.1, -0.05) is 24.3 Å². The van der Waals surface area contributed by atoms with Crippen LogP contribution in [0.25, 0.3) is 11.0 Å². The molecule has 170 valence electrons. The largest absolute Gasteiger partial charge is 0.493 e. The Morgan fingerprint density at radius 3 is 2.62 bits per heavy atom. The van der Waals surface area contributed by atoms with E-state index < -0.39 is 0 Å². The summed E-state index contributed by atoms with van der Waals surface area (Å²) in [5.41, 5.74) is 5.62. The molecule has 1 aliphatic heterocycles. The van der Waals surface area contributed by atoms with E-state index in [0.717, 1.165) is 39.4 Å². The van der Waals surface area contributed by atoms with E-state index in [-0.39, 0.29) is 17.7 Å². The van der Waals surface area contributed by atoms with Gasteiger partial charge in [0, 0.05) is 30.1 Å². The Bertz CT molecular complexity index is 1440. The highest BCUT2D eigenvalue weighted by atomic mass is 16.5. The SMILES string of the molecule is COc1ccc([C@H]2CC(=O)C3=C(C2)Nc2nc4ccccc4n2[C@H]3c2cccnc2)cc1OC. The van der Waals surface area contributed by atoms with Gasteiger partial charge in [0.05, 0.1) is 31.3 Å². The molecule has 0 amide bonds. The Morgan fingerprint density at radius 1 is 0.971 bits per heavy atom. The molecule has 1 N–H and O–H groups in total. The first-order valence-electron chi connectivity index (χ1n) is 11.3. The number of benzene rings is 2. The van der Waals surface area contributed by atoms with Gasteiger partial charge in [-0.05, 0) is 53.8 Å². The zero-order valence-electron chi connectivity index (χ0n) is 19.0. The van der Waals surface area contributed by atoms with Crippen molar-refractivity contribution in [2.24, 2.45) is 0 Å². The molecule has 34 heavy (non-hydrogen) atoms. The van der Waals surface area contributed by atoms with Gasteiger partial charge in [0.1, 0.15) is 0 Å². The van der Waals surface area contributed by atoms with Crippen LogP contribution in [0.5, 0.6) is 11.5 Å². The smallest absolute Gasteiger partial charge is 0.209 e. The summed E-state index contributed by atoms with van der Waals surface area (Å²) in [5, 5.41) is 3.50. The molecule has 2 aliphatic rings. The first kappa shape index (κ1) is 20.5. The highest BCUT2D eigenvalue weighted by Gasteiger charge is 2.39. The van der Waals surface area contributed by atoms with Crippen molar-refractivity contribution >= 4 is 22.8 Å². The van der Waals surface area contributed by atoms with E-state index >= 15 is 0 Å². The van der Waals surface area contributed by atoms with Crippen molar-refractivity contribution in [1.29, 1.82) is 0 Å². The Morgan fingerprint density at radius 2 is 1.82 bits per heavy atom. The number of imidazole rings is 1. The minimum Gasteiger partial charge on any atom is -0.493 e. The minimum absolute atomic E-state index is 0.0315. The molecule has 2 aromatic heterocycles. The number of hydrogen-bond donors (Lipinski definition) is 1. The molecule has 1 aliphatic carbocycles. The number of carbonyl (C=O) groups excluding carboxylic acids is 1. The number of rotatable bonds is 4. The van der Waals surface area contributed by atoms with Gasteiger partial charge >= 0.3 is 0 Å². The number of allylic oxidation sites excluding steroid dienone is 2. The lowest BCUT2D eigenvalue weighted by atomic mass is 9.78. The van der Waals surface area contributed by atoms with Crippen LogP contribution in [-0.2, 0) is 4.79 Å². The van der Waals surface area contributed by atoms with E-state index in [4.69, 9.17) is 14.5 Å². The predicted octanol–water partition coefficient (Wildman–Crippen LogP) is 4.86. The number of pyridine rings is 1. The molecule has 0 spiro atoms. The van der Waals surface area contributed by atoms with E-state index in [1.807, 2.05) is 60.8 Å². The van der Waals surface area contributed by atoms with E-state index in [9.17, 15) is 4.79 Å². The summed E-state index contributed by atoms with van der Waals surface area (Å²) in [5.74, 6) is 2.25. The zero-order chi connectivity index (χ0) is 23.2. The minimum atomic E-state index is -0.272. The standard InChI is InChI=1S/C27H24N4O3/c1-33-23-10-9-16(14-24(23)34-2)18-12-20-25(22(32)13-18)26(17-6-5-11-28-15-17)31-21-8-4-3-7-19(21)29-27(31)30-20/h3-11,14-15,18,26H,12-13H2,1-2H3,(H,29,30)/t18-,26+/m1/s1. The first-order valence-corrected chi connectivity index (χ1v) is 11.3. The van der Waals surface area contributed by atoms with Crippen LogP contribution in [0, 0.1) is 0 Å². The Hall–Kier alpha value is -4.13. The van der Waals surface area contributed by atoms with Crippen LogP contribution in [0.3, 0.4) is 0 Å². The van der Waals surface area contributed by atoms with Crippen molar-refractivity contribution in [3.8, 4) is 11.5 Å². The van der Waals surface area contributed by atoms with Gasteiger partial charge in [0.15, 0.2) is 17.3 Å². The number of aromatic nitrogens is 3. The molecule has 7 heteroatoms. The van der Waals surface area contributed by atoms with Crippen LogP contribution in [-0.4, -0.2) is 34.5 Å². The zero-order valence-corrected chi connectivity index (χ0v) is 19.0. The summed E-state index contributed by atoms with van der Waals surface area (Å²) >= 11 is 0. The molecule has 6 rings (SSSR count). The number of methoxy groups -OCH3 is 2. The lowest BCUT2D eigenvalue weighted by Gasteiger charge is -2.36. The molecular weight excluding hydrogens is 428 g/mol. The molecule has 0 saturated carbocycles. The summed E-state index contributed by atoms with van der Waals surface area (Å²) in [7, 11) is 3.25. The number of ether oxygens (including phenoxy) is 2. The molecule has 0 saturated heterocycles. The monoisotopic (exact) mass is 452 g/mol. The van der Waals surface area contributed by atoms with Crippen LogP contribution in [0.1, 0.15) is 35.9 Å². The molecule has 3 heterocycles. The number of ketones is 1. The van der Waals surface area contributed by atoms with Gasteiger partial charge in [-0.15, -0.1) is 0 Å². The third kappa shape index (κ3) is 3.15. The van der Waals surface area contributed by atoms with Gasteiger partial charge in [-0.25, -0.2) is 4.98 Å². The van der Waals surface area contributed by atoms with Gasteiger partial charge in [-0.3, -0.25) is 14.3 Å². The molecule has 7 nitrogen and oxygen atoms in total. The number of para-hydroxylation sites is 2. The van der Waals surface area contributed by atoms with Crippen LogP contribution >= 0.6 is 0 Å². The second-order valence-electron chi connectivity index (χ2n) is 8.64. The molecule has 0 unspecified atom stereocenters. The maximum atomic E-state index is 13.7. The predicted molar refractivity (Wildman–Crippen MR) is 129 cm³/mol. The number of Topliss-reactive ketones (excluding diaryl/α,β-unsaturated/α-hetero) is 1. The van der Waals surface area contributed by atoms with Gasteiger partial charge in [0.2, 0.25) is 5.95 Å². The Kier molecular flexibility index (Phi) is 4.83. The Balaban J connectivity index is 1.47. The number of hydrogen-bond acceptors (Lipinski definition) is 6. The molecule has 0 radical (unpaired) electrons. The highest BCUT2D eigenvalue weighted by molar-refractivity contribution is 6.01. The lowest BCUT2D eigenvalue weighted by molar-refractivity contribution is -0.116. The quantitative estimate of drug-likeness (QED) is 0.476. The summed E-state index contributed by atoms with van der Waals surface area (Å²) in [4.78, 5) is 22.9. The normalized spacial score (nSPS) is 19.4. The Labute approximate surface area is 197 Å². The van der Waals surface area contributed by atoms with Crippen LogP contribution in [0.15, 0.2) is 78.3 Å². The summed E-state index contributed by atoms with van der Waals surface area (Å²) in [6, 6.07) is 17.6. The van der Waals surface area contributed by atoms with Crippen LogP contribution in [0.4, 0.5) is 5.95 Å². The number of nitrogens with zero attached hydrogens (tertiary/aromatic N) is 3. The maximum absolute atomic E-state index is 13.7. The maximum Gasteiger partial charge on any atom is 0.209 e. The fraction of sp³-hybridized carbons (Fsp3) is 0.222. The third-order valence-electron chi connectivity index (χ3n) is 6.78. The van der Waals surface area contributed by atoms with Crippen molar-refractivity contribution in [3.05, 3.63) is 89.4 Å². The number of anilines is 1. The average Bonchev–Trinajstić information content (AvgIpc) is 3.25. The number of fused-ring (bicyclic) bond motifs is 3. The fourth-order valence-corrected chi connectivity index (χ4v) is 5.22. The van der Waals surface area contributed by atoms with Crippen molar-refractivity contribution in [1.82, 2.24) is 14.5 Å². The first-order chi connectivity index (χ1) is 16.7. The van der Waals surface area contributed by atoms with Crippen molar-refractivity contribution in [2.45, 2.75) is 24.8 Å². The summed E-state index contributed by atoms with van der Waals surface area (Å²) < 4.78 is 13.0. The average molecular weight is 453 g/mol. The molecule has 2 atom stereocenters. The second-order valence-corrected chi connectivity index (χ2v) is 8.64. The number of carbonyl (C=O) groups is 1. The molecule has 0 bridgehead atoms. The summed E-state index contributed by atoms with van der Waals surface area (Å²) in [6.07, 6.45) is 4.72. The van der Waals surface area contributed by atoms with Gasteiger partial charge in [0.25, 0.3) is 0 Å². The van der Waals surface area contributed by atoms with E-state index in [1.54, 1.807) is 20.4 Å². The van der Waals surface area contributed by atoms with Gasteiger partial charge < -0.3 is 14.8 Å². The number of nitrogens with one attached hydrogen (secondary N) is 1. The van der Waals surface area contributed by atoms with Crippen molar-refractivity contribution in [2.75, 3.05) is 19.5 Å². The van der Waals surface area contributed by atoms with Crippen molar-refractivity contribution in [3.63, 3.8) is 0 Å². The van der Waals surface area contributed by atoms with Gasteiger partial charge in [-0.2, -0.15) is 0 Å². The molecular formula is C27H24N4O3. The highest BCUT2D eigenvalue weighted by Crippen LogP contribution is 2.46.